The molecule has 20 heavy (non-hydrogen) atoms. The molecule has 0 saturated carbocycles. The molecule has 0 aromatic carbocycles. The molecule has 0 saturated heterocycles. The Labute approximate surface area is 126 Å². The lowest BCUT2D eigenvalue weighted by molar-refractivity contribution is -0.139. The Kier molecular flexibility index (Phi) is 6.60. The number of nitrogens with zero attached hydrogens (tertiary/aromatic N) is 2. The van der Waals surface area contributed by atoms with Crippen molar-refractivity contribution in [2.75, 3.05) is 18.4 Å². The summed E-state index contributed by atoms with van der Waals surface area (Å²) in [5.41, 5.74) is 0. The van der Waals surface area contributed by atoms with E-state index in [4.69, 9.17) is 5.11 Å². The highest BCUT2D eigenvalue weighted by Gasteiger charge is 2.18. The maximum atomic E-state index is 11.9. The van der Waals surface area contributed by atoms with E-state index in [1.807, 2.05) is 13.8 Å². The number of carbonyl (C=O) groups is 2. The number of hydrogen-bond acceptors (Lipinski definition) is 4. The summed E-state index contributed by atoms with van der Waals surface area (Å²) < 4.78 is 0.822. The summed E-state index contributed by atoms with van der Waals surface area (Å²) in [6.45, 7) is 3.72. The molecule has 1 atom stereocenters. The number of halogens is 1. The lowest BCUT2D eigenvalue weighted by Gasteiger charge is -2.25. The smallest absolute Gasteiger partial charge is 0.317 e. The van der Waals surface area contributed by atoms with Crippen LogP contribution in [0.15, 0.2) is 22.8 Å². The van der Waals surface area contributed by atoms with E-state index in [9.17, 15) is 9.59 Å². The largest absolute Gasteiger partial charge is 0.480 e. The van der Waals surface area contributed by atoms with Crippen LogP contribution in [-0.2, 0) is 9.59 Å². The lowest BCUT2D eigenvalue weighted by Crippen LogP contribution is -2.42. The molecule has 2 N–H and O–H groups in total. The van der Waals surface area contributed by atoms with Gasteiger partial charge < -0.3 is 10.4 Å². The Morgan fingerprint density at radius 2 is 2.15 bits per heavy atom. The third kappa shape index (κ3) is 5.66. The monoisotopic (exact) mass is 343 g/mol. The van der Waals surface area contributed by atoms with E-state index in [1.54, 1.807) is 23.2 Å². The summed E-state index contributed by atoms with van der Waals surface area (Å²) in [6.07, 6.45) is 2.36. The van der Waals surface area contributed by atoms with Crippen LogP contribution in [0, 0.1) is 0 Å². The highest BCUT2D eigenvalue weighted by atomic mass is 79.9. The minimum atomic E-state index is -0.945. The van der Waals surface area contributed by atoms with Crippen molar-refractivity contribution in [1.82, 2.24) is 9.88 Å². The van der Waals surface area contributed by atoms with Crippen LogP contribution in [0.4, 0.5) is 5.82 Å². The molecular weight excluding hydrogens is 326 g/mol. The van der Waals surface area contributed by atoms with Crippen molar-refractivity contribution in [2.24, 2.45) is 0 Å². The van der Waals surface area contributed by atoms with Crippen molar-refractivity contribution in [1.29, 1.82) is 0 Å². The van der Waals surface area contributed by atoms with Crippen LogP contribution in [0.25, 0.3) is 0 Å². The second kappa shape index (κ2) is 7.96. The van der Waals surface area contributed by atoms with Crippen LogP contribution in [0.5, 0.6) is 0 Å². The Balaban J connectivity index is 2.61. The van der Waals surface area contributed by atoms with Gasteiger partial charge in [-0.25, -0.2) is 4.98 Å². The average Bonchev–Trinajstić information content (AvgIpc) is 2.39. The third-order valence-electron chi connectivity index (χ3n) is 2.89. The van der Waals surface area contributed by atoms with Gasteiger partial charge in [-0.15, -0.1) is 0 Å². The number of nitrogens with one attached hydrogen (secondary N) is 1. The molecule has 1 rings (SSSR count). The minimum Gasteiger partial charge on any atom is -0.480 e. The van der Waals surface area contributed by atoms with Crippen LogP contribution in [0.2, 0.25) is 0 Å². The summed E-state index contributed by atoms with van der Waals surface area (Å²) >= 11 is 3.26. The summed E-state index contributed by atoms with van der Waals surface area (Å²) in [5.74, 6) is -0.779. The summed E-state index contributed by atoms with van der Waals surface area (Å²) in [6, 6.07) is 3.47. The normalized spacial score (nSPS) is 12.2. The van der Waals surface area contributed by atoms with E-state index in [1.165, 1.54) is 0 Å². The van der Waals surface area contributed by atoms with Gasteiger partial charge in [-0.3, -0.25) is 14.5 Å². The standard InChI is InChI=1S/C13H18BrN3O3/c1-3-9(2)17(8-13(19)20)7-12(18)16-11-5-4-10(14)6-15-11/h4-6,9H,3,7-8H2,1-2H3,(H,19,20)(H,15,16,18). The summed E-state index contributed by atoms with van der Waals surface area (Å²) in [4.78, 5) is 28.4. The van der Waals surface area contributed by atoms with E-state index in [0.717, 1.165) is 10.9 Å². The van der Waals surface area contributed by atoms with Crippen LogP contribution >= 0.6 is 15.9 Å². The highest BCUT2D eigenvalue weighted by Crippen LogP contribution is 2.10. The number of anilines is 1. The number of amides is 1. The van der Waals surface area contributed by atoms with Gasteiger partial charge in [-0.2, -0.15) is 0 Å². The molecule has 0 fully saturated rings. The Hall–Kier alpha value is -1.47. The summed E-state index contributed by atoms with van der Waals surface area (Å²) in [7, 11) is 0. The van der Waals surface area contributed by atoms with Crippen molar-refractivity contribution < 1.29 is 14.7 Å². The third-order valence-corrected chi connectivity index (χ3v) is 3.36. The van der Waals surface area contributed by atoms with Gasteiger partial charge in [0.05, 0.1) is 13.1 Å². The molecule has 1 unspecified atom stereocenters. The predicted octanol–water partition coefficient (Wildman–Crippen LogP) is 1.97. The molecule has 1 heterocycles. The fourth-order valence-electron chi connectivity index (χ4n) is 1.62. The Morgan fingerprint density at radius 1 is 1.45 bits per heavy atom. The zero-order valence-corrected chi connectivity index (χ0v) is 13.1. The molecule has 0 aliphatic heterocycles. The molecule has 0 aliphatic carbocycles. The van der Waals surface area contributed by atoms with Gasteiger partial charge in [0.2, 0.25) is 5.91 Å². The van der Waals surface area contributed by atoms with E-state index in [0.29, 0.717) is 5.82 Å². The van der Waals surface area contributed by atoms with Gasteiger partial charge in [-0.1, -0.05) is 6.92 Å². The fraction of sp³-hybridized carbons (Fsp3) is 0.462. The van der Waals surface area contributed by atoms with Crippen molar-refractivity contribution in [3.8, 4) is 0 Å². The average molecular weight is 344 g/mol. The highest BCUT2D eigenvalue weighted by molar-refractivity contribution is 9.10. The lowest BCUT2D eigenvalue weighted by atomic mass is 10.2. The number of aromatic nitrogens is 1. The number of aliphatic carboxylic acids is 1. The van der Waals surface area contributed by atoms with Crippen molar-refractivity contribution in [3.63, 3.8) is 0 Å². The van der Waals surface area contributed by atoms with Gasteiger partial charge in [0, 0.05) is 16.7 Å². The van der Waals surface area contributed by atoms with Gasteiger partial charge >= 0.3 is 5.97 Å². The number of pyridine rings is 1. The van der Waals surface area contributed by atoms with Crippen molar-refractivity contribution in [3.05, 3.63) is 22.8 Å². The van der Waals surface area contributed by atoms with Gasteiger partial charge in [0.15, 0.2) is 0 Å². The zero-order valence-electron chi connectivity index (χ0n) is 11.5. The van der Waals surface area contributed by atoms with Gasteiger partial charge in [0.1, 0.15) is 5.82 Å². The predicted molar refractivity (Wildman–Crippen MR) is 79.5 cm³/mol. The number of carboxylic acids is 1. The number of carboxylic acid groups (broad SMARTS) is 1. The number of rotatable bonds is 7. The molecule has 6 nitrogen and oxygen atoms in total. The maximum Gasteiger partial charge on any atom is 0.317 e. The molecular formula is C13H18BrN3O3. The first kappa shape index (κ1) is 16.6. The minimum absolute atomic E-state index is 0.0229. The molecule has 0 spiro atoms. The quantitative estimate of drug-likeness (QED) is 0.790. The molecule has 0 aliphatic rings. The van der Waals surface area contributed by atoms with Crippen molar-refractivity contribution >= 4 is 33.6 Å². The second-order valence-electron chi connectivity index (χ2n) is 4.47. The van der Waals surface area contributed by atoms with Gasteiger partial charge in [0.25, 0.3) is 0 Å². The molecule has 1 aromatic rings. The van der Waals surface area contributed by atoms with E-state index < -0.39 is 5.97 Å². The Bertz CT molecular complexity index is 464. The van der Waals surface area contributed by atoms with E-state index in [2.05, 4.69) is 26.2 Å². The first-order chi connectivity index (χ1) is 9.42. The van der Waals surface area contributed by atoms with Crippen molar-refractivity contribution in [2.45, 2.75) is 26.3 Å². The first-order valence-corrected chi connectivity index (χ1v) is 7.09. The molecule has 0 bridgehead atoms. The maximum absolute atomic E-state index is 11.9. The van der Waals surface area contributed by atoms with E-state index >= 15 is 0 Å². The fourth-order valence-corrected chi connectivity index (χ4v) is 1.85. The number of hydrogen-bond donors (Lipinski definition) is 2. The molecule has 7 heteroatoms. The topological polar surface area (TPSA) is 82.5 Å². The molecule has 110 valence electrons. The van der Waals surface area contributed by atoms with Crippen LogP contribution in [-0.4, -0.2) is 46.0 Å². The van der Waals surface area contributed by atoms with Crippen LogP contribution in [0.1, 0.15) is 20.3 Å². The Morgan fingerprint density at radius 3 is 2.65 bits per heavy atom. The molecule has 1 aromatic heterocycles. The second-order valence-corrected chi connectivity index (χ2v) is 5.38. The van der Waals surface area contributed by atoms with Crippen LogP contribution < -0.4 is 5.32 Å². The SMILES string of the molecule is CCC(C)N(CC(=O)O)CC(=O)Nc1ccc(Br)cn1. The van der Waals surface area contributed by atoms with E-state index in [-0.39, 0.29) is 25.0 Å². The summed E-state index contributed by atoms with van der Waals surface area (Å²) in [5, 5.41) is 11.5. The van der Waals surface area contributed by atoms with Gasteiger partial charge in [-0.05, 0) is 41.4 Å². The molecule has 1 amide bonds. The zero-order chi connectivity index (χ0) is 15.1. The molecule has 0 radical (unpaired) electrons. The van der Waals surface area contributed by atoms with Crippen LogP contribution in [0.3, 0.4) is 0 Å². The number of carbonyl (C=O) groups excluding carboxylic acids is 1. The first-order valence-electron chi connectivity index (χ1n) is 6.29.